The van der Waals surface area contributed by atoms with E-state index in [1.54, 1.807) is 48.6 Å². The molecule has 3 rings (SSSR count). The van der Waals surface area contributed by atoms with E-state index in [1.165, 1.54) is 12.1 Å². The van der Waals surface area contributed by atoms with Gasteiger partial charge in [0.25, 0.3) is 0 Å². The number of benzene rings is 2. The Kier molecular flexibility index (Phi) is 7.41. The molecule has 0 aliphatic heterocycles. The van der Waals surface area contributed by atoms with Crippen LogP contribution in [0, 0.1) is 23.1 Å². The number of carbonyl (C=O) groups excluding carboxylic acids is 2. The van der Waals surface area contributed by atoms with Crippen molar-refractivity contribution in [1.29, 1.82) is 5.26 Å². The highest BCUT2D eigenvalue weighted by atomic mass is 19.1. The van der Waals surface area contributed by atoms with Crippen LogP contribution >= 0.6 is 0 Å². The van der Waals surface area contributed by atoms with Crippen molar-refractivity contribution in [2.75, 3.05) is 22.6 Å². The molecule has 1 aromatic heterocycles. The molecule has 0 atom stereocenters. The molecular formula is C25H29FN6O3. The minimum atomic E-state index is -0.953. The zero-order chi connectivity index (χ0) is 25.9. The Morgan fingerprint density at radius 2 is 1.94 bits per heavy atom. The van der Waals surface area contributed by atoms with Crippen LogP contribution < -0.4 is 15.5 Å². The first kappa shape index (κ1) is 25.6. The Labute approximate surface area is 203 Å². The number of amides is 3. The van der Waals surface area contributed by atoms with E-state index < -0.39 is 17.4 Å². The maximum atomic E-state index is 14.2. The lowest BCUT2D eigenvalue weighted by Gasteiger charge is -2.20. The van der Waals surface area contributed by atoms with Crippen LogP contribution in [0.4, 0.5) is 26.5 Å². The highest BCUT2D eigenvalue weighted by molar-refractivity contribution is 6.00. The molecule has 0 aliphatic rings. The van der Waals surface area contributed by atoms with Gasteiger partial charge in [0.1, 0.15) is 5.82 Å². The van der Waals surface area contributed by atoms with Crippen molar-refractivity contribution in [3.05, 3.63) is 47.8 Å². The number of aromatic nitrogens is 2. The number of halogens is 1. The predicted molar refractivity (Wildman–Crippen MR) is 133 cm³/mol. The summed E-state index contributed by atoms with van der Waals surface area (Å²) in [6, 6.07) is 10.2. The summed E-state index contributed by atoms with van der Waals surface area (Å²) in [6.07, 6.45) is 0.381. The molecule has 9 nitrogen and oxygen atoms in total. The SMILES string of the molecule is CC(C)C(=O)N(C)c1ccc2c(c1)nc(NC(=O)Nc1ccc(C#N)cc1F)n2CCC(C)(C)O. The predicted octanol–water partition coefficient (Wildman–Crippen LogP) is 4.47. The molecule has 2 aromatic carbocycles. The molecule has 0 spiro atoms. The molecule has 35 heavy (non-hydrogen) atoms. The monoisotopic (exact) mass is 480 g/mol. The molecule has 0 unspecified atom stereocenters. The normalized spacial score (nSPS) is 11.4. The molecule has 0 radical (unpaired) electrons. The number of aryl methyl sites for hydroxylation is 1. The van der Waals surface area contributed by atoms with Gasteiger partial charge in [-0.25, -0.2) is 14.2 Å². The maximum absolute atomic E-state index is 14.2. The van der Waals surface area contributed by atoms with Crippen LogP contribution in [0.25, 0.3) is 11.0 Å². The smallest absolute Gasteiger partial charge is 0.326 e. The molecule has 0 fully saturated rings. The van der Waals surface area contributed by atoms with Gasteiger partial charge in [0.15, 0.2) is 0 Å². The van der Waals surface area contributed by atoms with Crippen molar-refractivity contribution in [2.45, 2.75) is 46.3 Å². The summed E-state index contributed by atoms with van der Waals surface area (Å²) >= 11 is 0. The van der Waals surface area contributed by atoms with Gasteiger partial charge >= 0.3 is 6.03 Å². The number of nitrogens with one attached hydrogen (secondary N) is 2. The van der Waals surface area contributed by atoms with E-state index in [-0.39, 0.29) is 29.0 Å². The highest BCUT2D eigenvalue weighted by Crippen LogP contribution is 2.27. The number of urea groups is 1. The van der Waals surface area contributed by atoms with Gasteiger partial charge in [0.05, 0.1) is 34.0 Å². The van der Waals surface area contributed by atoms with E-state index in [1.807, 2.05) is 19.9 Å². The fraction of sp³-hybridized carbons (Fsp3) is 0.360. The lowest BCUT2D eigenvalue weighted by Crippen LogP contribution is -2.30. The van der Waals surface area contributed by atoms with Gasteiger partial charge < -0.3 is 19.9 Å². The zero-order valence-electron chi connectivity index (χ0n) is 20.4. The topological polar surface area (TPSA) is 123 Å². The van der Waals surface area contributed by atoms with Crippen LogP contribution in [-0.2, 0) is 11.3 Å². The number of anilines is 3. The van der Waals surface area contributed by atoms with E-state index >= 15 is 0 Å². The molecule has 184 valence electrons. The number of hydrogen-bond donors (Lipinski definition) is 3. The molecule has 0 saturated heterocycles. The second-order valence-corrected chi connectivity index (χ2v) is 9.26. The van der Waals surface area contributed by atoms with Crippen molar-refractivity contribution in [1.82, 2.24) is 9.55 Å². The van der Waals surface area contributed by atoms with Crippen LogP contribution in [-0.4, -0.2) is 39.2 Å². The minimum Gasteiger partial charge on any atom is -0.390 e. The molecule has 10 heteroatoms. The first-order valence-corrected chi connectivity index (χ1v) is 11.2. The average Bonchev–Trinajstić information content (AvgIpc) is 3.13. The number of nitriles is 1. The molecular weight excluding hydrogens is 451 g/mol. The van der Waals surface area contributed by atoms with Crippen LogP contribution in [0.15, 0.2) is 36.4 Å². The second kappa shape index (κ2) is 10.1. The maximum Gasteiger partial charge on any atom is 0.326 e. The van der Waals surface area contributed by atoms with Gasteiger partial charge in [0.2, 0.25) is 11.9 Å². The summed E-state index contributed by atoms with van der Waals surface area (Å²) in [4.78, 5) is 31.1. The Morgan fingerprint density at radius 1 is 1.23 bits per heavy atom. The number of fused-ring (bicyclic) bond motifs is 1. The summed E-state index contributed by atoms with van der Waals surface area (Å²) in [5.41, 5.74) is 0.991. The third-order valence-corrected chi connectivity index (χ3v) is 5.46. The summed E-state index contributed by atoms with van der Waals surface area (Å²) in [5.74, 6) is -0.764. The van der Waals surface area contributed by atoms with Crippen molar-refractivity contribution in [3.63, 3.8) is 0 Å². The number of nitrogens with zero attached hydrogens (tertiary/aromatic N) is 4. The lowest BCUT2D eigenvalue weighted by molar-refractivity contribution is -0.121. The largest absolute Gasteiger partial charge is 0.390 e. The Morgan fingerprint density at radius 3 is 2.54 bits per heavy atom. The van der Waals surface area contributed by atoms with Crippen LogP contribution in [0.5, 0.6) is 0 Å². The van der Waals surface area contributed by atoms with Crippen molar-refractivity contribution in [3.8, 4) is 6.07 Å². The van der Waals surface area contributed by atoms with Gasteiger partial charge in [-0.2, -0.15) is 5.26 Å². The fourth-order valence-corrected chi connectivity index (χ4v) is 3.49. The summed E-state index contributed by atoms with van der Waals surface area (Å²) in [5, 5.41) is 24.2. The van der Waals surface area contributed by atoms with Gasteiger partial charge in [-0.1, -0.05) is 13.8 Å². The molecule has 3 aromatic rings. The van der Waals surface area contributed by atoms with Gasteiger partial charge in [0, 0.05) is 25.2 Å². The van der Waals surface area contributed by atoms with E-state index in [0.29, 0.717) is 29.7 Å². The molecule has 3 N–H and O–H groups in total. The van der Waals surface area contributed by atoms with Crippen LogP contribution in [0.1, 0.15) is 39.7 Å². The fourth-order valence-electron chi connectivity index (χ4n) is 3.49. The number of hydrogen-bond acceptors (Lipinski definition) is 5. The number of rotatable bonds is 7. The third kappa shape index (κ3) is 6.13. The molecule has 0 aliphatic carbocycles. The lowest BCUT2D eigenvalue weighted by atomic mass is 10.1. The highest BCUT2D eigenvalue weighted by Gasteiger charge is 2.20. The number of aliphatic hydroxyl groups is 1. The van der Waals surface area contributed by atoms with Crippen molar-refractivity contribution in [2.24, 2.45) is 5.92 Å². The first-order valence-electron chi connectivity index (χ1n) is 11.2. The molecule has 0 bridgehead atoms. The Balaban J connectivity index is 1.93. The Bertz CT molecular complexity index is 1300. The van der Waals surface area contributed by atoms with Gasteiger partial charge in [-0.05, 0) is 56.7 Å². The first-order chi connectivity index (χ1) is 16.4. The summed E-state index contributed by atoms with van der Waals surface area (Å²) < 4.78 is 15.9. The van der Waals surface area contributed by atoms with Gasteiger partial charge in [-0.15, -0.1) is 0 Å². The molecule has 0 saturated carbocycles. The number of imidazole rings is 1. The van der Waals surface area contributed by atoms with E-state index in [4.69, 9.17) is 5.26 Å². The molecule has 3 amide bonds. The van der Waals surface area contributed by atoms with Crippen molar-refractivity contribution >= 4 is 40.3 Å². The van der Waals surface area contributed by atoms with E-state index in [0.717, 1.165) is 6.07 Å². The number of carbonyl (C=O) groups is 2. The summed E-state index contributed by atoms with van der Waals surface area (Å²) in [7, 11) is 1.69. The standard InChI is InChI=1S/C25H29FN6O3/c1-15(2)22(33)31(5)17-7-9-21-20(13-17)28-23(32(21)11-10-25(3,4)35)30-24(34)29-19-8-6-16(14-27)12-18(19)26/h6-9,12-13,15,35H,10-11H2,1-5H3,(H2,28,29,30,34). The molecule has 1 heterocycles. The third-order valence-electron chi connectivity index (χ3n) is 5.46. The quantitative estimate of drug-likeness (QED) is 0.460. The van der Waals surface area contributed by atoms with E-state index in [2.05, 4.69) is 15.6 Å². The average molecular weight is 481 g/mol. The zero-order valence-corrected chi connectivity index (χ0v) is 20.4. The Hall–Kier alpha value is -3.97. The van der Waals surface area contributed by atoms with Crippen LogP contribution in [0.3, 0.4) is 0 Å². The van der Waals surface area contributed by atoms with Crippen LogP contribution in [0.2, 0.25) is 0 Å². The van der Waals surface area contributed by atoms with Gasteiger partial charge in [-0.3, -0.25) is 10.1 Å². The minimum absolute atomic E-state index is 0.0482. The van der Waals surface area contributed by atoms with Crippen molar-refractivity contribution < 1.29 is 19.1 Å². The van der Waals surface area contributed by atoms with E-state index in [9.17, 15) is 19.1 Å². The summed E-state index contributed by atoms with van der Waals surface area (Å²) in [6.45, 7) is 7.36. The second-order valence-electron chi connectivity index (χ2n) is 9.26.